The Morgan fingerprint density at radius 2 is 2.12 bits per heavy atom. The predicted molar refractivity (Wildman–Crippen MR) is 62.9 cm³/mol. The van der Waals surface area contributed by atoms with Gasteiger partial charge in [0.25, 0.3) is 10.0 Å². The molecule has 17 heavy (non-hydrogen) atoms. The Morgan fingerprint density at radius 3 is 2.76 bits per heavy atom. The summed E-state index contributed by atoms with van der Waals surface area (Å²) in [5.74, 6) is 0. The number of nitrogens with zero attached hydrogens (tertiary/aromatic N) is 1. The van der Waals surface area contributed by atoms with Crippen LogP contribution in [0.15, 0.2) is 23.4 Å². The first-order valence-electron chi connectivity index (χ1n) is 5.36. The quantitative estimate of drug-likeness (QED) is 0.853. The molecule has 94 valence electrons. The average Bonchev–Trinajstić information content (AvgIpc) is 2.80. The van der Waals surface area contributed by atoms with Gasteiger partial charge in [-0.2, -0.15) is 0 Å². The highest BCUT2D eigenvalue weighted by atomic mass is 35.5. The van der Waals surface area contributed by atoms with Gasteiger partial charge in [0.15, 0.2) is 0 Å². The van der Waals surface area contributed by atoms with Gasteiger partial charge in [0, 0.05) is 12.4 Å². The molecule has 0 unspecified atom stereocenters. The maximum atomic E-state index is 11.8. The van der Waals surface area contributed by atoms with Crippen LogP contribution in [0.25, 0.3) is 0 Å². The molecule has 1 aromatic heterocycles. The summed E-state index contributed by atoms with van der Waals surface area (Å²) in [5, 5.41) is 0.127. The normalized spacial score (nSPS) is 17.5. The van der Waals surface area contributed by atoms with Crippen LogP contribution in [0.1, 0.15) is 25.7 Å². The Bertz CT molecular complexity index is 486. The summed E-state index contributed by atoms with van der Waals surface area (Å²) >= 11 is 5.79. The van der Waals surface area contributed by atoms with Crippen molar-refractivity contribution in [3.63, 3.8) is 0 Å². The fourth-order valence-electron chi connectivity index (χ4n) is 1.74. The number of hydrogen-bond donors (Lipinski definition) is 1. The van der Waals surface area contributed by atoms with E-state index < -0.39 is 10.0 Å². The third-order valence-electron chi connectivity index (χ3n) is 2.65. The van der Waals surface area contributed by atoms with Crippen molar-refractivity contribution in [1.29, 1.82) is 0 Å². The molecule has 0 saturated heterocycles. The molecule has 1 fully saturated rings. The first kappa shape index (κ1) is 12.8. The fraction of sp³-hybridized carbons (Fsp3) is 0.500. The van der Waals surface area contributed by atoms with E-state index in [9.17, 15) is 8.42 Å². The standard InChI is InChI=1S/C10H13ClN2O3S/c11-9-5-6-12-7-10(9)17(14,15)13-16-8-3-1-2-4-8/h5-8,13H,1-4H2. The molecule has 0 atom stereocenters. The van der Waals surface area contributed by atoms with Crippen LogP contribution < -0.4 is 4.89 Å². The van der Waals surface area contributed by atoms with Crippen LogP contribution in [0.3, 0.4) is 0 Å². The van der Waals surface area contributed by atoms with Crippen LogP contribution in [-0.2, 0) is 14.9 Å². The number of nitrogens with one attached hydrogen (secondary N) is 1. The van der Waals surface area contributed by atoms with Crippen molar-refractivity contribution in [2.24, 2.45) is 0 Å². The number of halogens is 1. The van der Waals surface area contributed by atoms with Gasteiger partial charge in [-0.1, -0.05) is 29.3 Å². The van der Waals surface area contributed by atoms with E-state index >= 15 is 0 Å². The van der Waals surface area contributed by atoms with Gasteiger partial charge in [0.05, 0.1) is 11.1 Å². The number of aromatic nitrogens is 1. The Hall–Kier alpha value is -0.690. The Labute approximate surface area is 105 Å². The van der Waals surface area contributed by atoms with Gasteiger partial charge in [0.1, 0.15) is 4.90 Å². The molecule has 1 aromatic rings. The smallest absolute Gasteiger partial charge is 0.265 e. The molecule has 1 N–H and O–H groups in total. The van der Waals surface area contributed by atoms with Gasteiger partial charge in [0.2, 0.25) is 0 Å². The largest absolute Gasteiger partial charge is 0.284 e. The molecular formula is C10H13ClN2O3S. The minimum atomic E-state index is -3.75. The minimum Gasteiger partial charge on any atom is -0.284 e. The Balaban J connectivity index is 2.06. The second-order valence-corrected chi connectivity index (χ2v) is 5.94. The zero-order chi connectivity index (χ0) is 12.3. The lowest BCUT2D eigenvalue weighted by Gasteiger charge is -2.12. The average molecular weight is 277 g/mol. The zero-order valence-electron chi connectivity index (χ0n) is 9.10. The Kier molecular flexibility index (Phi) is 3.98. The lowest BCUT2D eigenvalue weighted by Crippen LogP contribution is -2.28. The van der Waals surface area contributed by atoms with Crippen molar-refractivity contribution in [2.45, 2.75) is 36.7 Å². The SMILES string of the molecule is O=S(=O)(NOC1CCCC1)c1cnccc1Cl. The van der Waals surface area contributed by atoms with Crippen LogP contribution >= 0.6 is 11.6 Å². The van der Waals surface area contributed by atoms with Crippen molar-refractivity contribution in [3.05, 3.63) is 23.5 Å². The molecule has 5 nitrogen and oxygen atoms in total. The number of pyridine rings is 1. The molecule has 0 bridgehead atoms. The second-order valence-electron chi connectivity index (χ2n) is 3.92. The summed E-state index contributed by atoms with van der Waals surface area (Å²) < 4.78 is 23.7. The van der Waals surface area contributed by atoms with Gasteiger partial charge in [-0.05, 0) is 18.9 Å². The maximum absolute atomic E-state index is 11.8. The van der Waals surface area contributed by atoms with Gasteiger partial charge in [-0.3, -0.25) is 9.82 Å². The summed E-state index contributed by atoms with van der Waals surface area (Å²) in [5.41, 5.74) is 0. The topological polar surface area (TPSA) is 68.3 Å². The minimum absolute atomic E-state index is 0.0415. The lowest BCUT2D eigenvalue weighted by atomic mass is 10.3. The summed E-state index contributed by atoms with van der Waals surface area (Å²) in [4.78, 5) is 10.9. The summed E-state index contributed by atoms with van der Waals surface area (Å²) in [6.07, 6.45) is 6.48. The fourth-order valence-corrected chi connectivity index (χ4v) is 3.03. The molecule has 7 heteroatoms. The van der Waals surface area contributed by atoms with Crippen molar-refractivity contribution >= 4 is 21.6 Å². The Morgan fingerprint density at radius 1 is 1.41 bits per heavy atom. The van der Waals surface area contributed by atoms with Crippen LogP contribution in [0.5, 0.6) is 0 Å². The predicted octanol–water partition coefficient (Wildman–Crippen LogP) is 1.89. The molecule has 0 aromatic carbocycles. The van der Waals surface area contributed by atoms with Gasteiger partial charge >= 0.3 is 0 Å². The highest BCUT2D eigenvalue weighted by Crippen LogP contribution is 2.22. The van der Waals surface area contributed by atoms with E-state index in [1.54, 1.807) is 0 Å². The van der Waals surface area contributed by atoms with Crippen LogP contribution in [0.2, 0.25) is 5.02 Å². The third kappa shape index (κ3) is 3.16. The van der Waals surface area contributed by atoms with Crippen LogP contribution in [-0.4, -0.2) is 19.5 Å². The molecule has 1 heterocycles. The highest BCUT2D eigenvalue weighted by Gasteiger charge is 2.22. The number of hydrogen-bond acceptors (Lipinski definition) is 4. The van der Waals surface area contributed by atoms with Crippen molar-refractivity contribution in [3.8, 4) is 0 Å². The first-order chi connectivity index (χ1) is 8.09. The van der Waals surface area contributed by atoms with Gasteiger partial charge in [-0.25, -0.2) is 8.42 Å². The number of rotatable bonds is 4. The third-order valence-corrected chi connectivity index (χ3v) is 4.31. The second kappa shape index (κ2) is 5.30. The monoisotopic (exact) mass is 276 g/mol. The van der Waals surface area contributed by atoms with E-state index in [2.05, 4.69) is 9.87 Å². The molecule has 1 aliphatic carbocycles. The summed E-state index contributed by atoms with van der Waals surface area (Å²) in [7, 11) is -3.75. The van der Waals surface area contributed by atoms with E-state index in [1.807, 2.05) is 0 Å². The molecule has 1 saturated carbocycles. The molecule has 2 rings (SSSR count). The molecular weight excluding hydrogens is 264 g/mol. The van der Waals surface area contributed by atoms with Crippen molar-refractivity contribution in [2.75, 3.05) is 0 Å². The molecule has 0 aliphatic heterocycles. The van der Waals surface area contributed by atoms with E-state index in [4.69, 9.17) is 16.4 Å². The summed E-state index contributed by atoms with van der Waals surface area (Å²) in [6.45, 7) is 0. The van der Waals surface area contributed by atoms with Crippen molar-refractivity contribution in [1.82, 2.24) is 9.87 Å². The van der Waals surface area contributed by atoms with Gasteiger partial charge in [-0.15, -0.1) is 0 Å². The van der Waals surface area contributed by atoms with Crippen molar-refractivity contribution < 1.29 is 13.3 Å². The highest BCUT2D eigenvalue weighted by molar-refractivity contribution is 7.89. The number of sulfonamides is 1. The molecule has 1 aliphatic rings. The summed E-state index contributed by atoms with van der Waals surface area (Å²) in [6, 6.07) is 1.42. The molecule has 0 spiro atoms. The lowest BCUT2D eigenvalue weighted by molar-refractivity contribution is 0.0223. The molecule has 0 radical (unpaired) electrons. The van der Waals surface area contributed by atoms with E-state index in [-0.39, 0.29) is 16.0 Å². The van der Waals surface area contributed by atoms with E-state index in [0.717, 1.165) is 25.7 Å². The maximum Gasteiger partial charge on any atom is 0.265 e. The van der Waals surface area contributed by atoms with E-state index in [0.29, 0.717) is 0 Å². The zero-order valence-corrected chi connectivity index (χ0v) is 10.7. The van der Waals surface area contributed by atoms with Gasteiger partial charge < -0.3 is 0 Å². The first-order valence-corrected chi connectivity index (χ1v) is 7.23. The molecule has 0 amide bonds. The van der Waals surface area contributed by atoms with E-state index in [1.165, 1.54) is 18.5 Å². The van der Waals surface area contributed by atoms with Crippen LogP contribution in [0.4, 0.5) is 0 Å². The van der Waals surface area contributed by atoms with Crippen LogP contribution in [0, 0.1) is 0 Å².